The van der Waals surface area contributed by atoms with E-state index < -0.39 is 54.0 Å². The van der Waals surface area contributed by atoms with E-state index in [0.717, 1.165) is 10.9 Å². The molecular weight excluding hydrogens is 518 g/mol. The quantitative estimate of drug-likeness (QED) is 0.135. The molecule has 0 radical (unpaired) electrons. The molecule has 3 amide bonds. The minimum absolute atomic E-state index is 0.00528. The van der Waals surface area contributed by atoms with Gasteiger partial charge in [0.25, 0.3) is 0 Å². The number of carboxylic acid groups (broad SMARTS) is 1. The van der Waals surface area contributed by atoms with Crippen LogP contribution in [-0.4, -0.2) is 79.1 Å². The first-order chi connectivity index (χ1) is 19.0. The monoisotopic (exact) mass is 555 g/mol. The number of carbonyl (C=O) groups is 4. The van der Waals surface area contributed by atoms with Crippen LogP contribution in [-0.2, 0) is 32.0 Å². The lowest BCUT2D eigenvalue weighted by Gasteiger charge is -2.26. The second-order valence-electron chi connectivity index (χ2n) is 10.3. The number of benzene rings is 1. The summed E-state index contributed by atoms with van der Waals surface area (Å²) in [6.07, 6.45) is 3.72. The fraction of sp³-hybridized carbons (Fsp3) is 0.444. The molecular formula is C27H37N7O6. The van der Waals surface area contributed by atoms with Gasteiger partial charge in [-0.15, -0.1) is 0 Å². The number of imidazole rings is 1. The molecule has 9 N–H and O–H groups in total. The molecule has 3 rings (SSSR count). The number of aliphatic hydroxyl groups is 1. The van der Waals surface area contributed by atoms with E-state index in [1.165, 1.54) is 19.4 Å². The number of hydrogen-bond acceptors (Lipinski definition) is 7. The van der Waals surface area contributed by atoms with Crippen LogP contribution in [0.25, 0.3) is 10.9 Å². The van der Waals surface area contributed by atoms with Crippen molar-refractivity contribution in [2.45, 2.75) is 70.3 Å². The van der Waals surface area contributed by atoms with Gasteiger partial charge in [-0.1, -0.05) is 32.0 Å². The van der Waals surface area contributed by atoms with Crippen LogP contribution in [0.1, 0.15) is 38.4 Å². The number of aromatic nitrogens is 3. The second-order valence-corrected chi connectivity index (χ2v) is 10.3. The minimum Gasteiger partial charge on any atom is -0.480 e. The highest BCUT2D eigenvalue weighted by atomic mass is 16.4. The molecule has 3 aromatic rings. The number of nitrogens with one attached hydrogen (secondary N) is 5. The zero-order valence-corrected chi connectivity index (χ0v) is 22.7. The SMILES string of the molecule is CC(C)CC(N)C(=O)NC(Cc1cnc[nH]1)C(=O)NC(Cc1c[nH]c2ccccc12)C(=O)NC(C(=O)O)C(C)O. The Labute approximate surface area is 231 Å². The number of fused-ring (bicyclic) bond motifs is 1. The van der Waals surface area contributed by atoms with Gasteiger partial charge in [-0.2, -0.15) is 0 Å². The lowest BCUT2D eigenvalue weighted by molar-refractivity contribution is -0.145. The van der Waals surface area contributed by atoms with Gasteiger partial charge >= 0.3 is 5.97 Å². The first-order valence-corrected chi connectivity index (χ1v) is 13.1. The van der Waals surface area contributed by atoms with Crippen LogP contribution < -0.4 is 21.7 Å². The highest BCUT2D eigenvalue weighted by Crippen LogP contribution is 2.19. The Morgan fingerprint density at radius 3 is 2.23 bits per heavy atom. The Morgan fingerprint density at radius 2 is 1.60 bits per heavy atom. The Kier molecular flexibility index (Phi) is 10.4. The topological polar surface area (TPSA) is 215 Å². The maximum Gasteiger partial charge on any atom is 0.328 e. The second kappa shape index (κ2) is 13.7. The van der Waals surface area contributed by atoms with E-state index in [1.54, 1.807) is 6.20 Å². The van der Waals surface area contributed by atoms with E-state index in [0.29, 0.717) is 17.7 Å². The van der Waals surface area contributed by atoms with Crippen molar-refractivity contribution in [2.24, 2.45) is 11.7 Å². The number of rotatable bonds is 14. The van der Waals surface area contributed by atoms with Crippen molar-refractivity contribution < 1.29 is 29.4 Å². The van der Waals surface area contributed by atoms with Gasteiger partial charge in [0, 0.05) is 41.8 Å². The molecule has 5 atom stereocenters. The van der Waals surface area contributed by atoms with E-state index in [2.05, 4.69) is 30.9 Å². The fourth-order valence-corrected chi connectivity index (χ4v) is 4.36. The predicted molar refractivity (Wildman–Crippen MR) is 147 cm³/mol. The Hall–Kier alpha value is -4.23. The van der Waals surface area contributed by atoms with Crippen molar-refractivity contribution in [2.75, 3.05) is 0 Å². The molecule has 0 aliphatic rings. The number of carbonyl (C=O) groups excluding carboxylic acids is 3. The summed E-state index contributed by atoms with van der Waals surface area (Å²) in [6, 6.07) is 2.60. The summed E-state index contributed by atoms with van der Waals surface area (Å²) >= 11 is 0. The molecule has 0 saturated heterocycles. The number of carboxylic acids is 1. The summed E-state index contributed by atoms with van der Waals surface area (Å²) in [5.41, 5.74) is 8.12. The lowest BCUT2D eigenvalue weighted by Crippen LogP contribution is -2.59. The van der Waals surface area contributed by atoms with Gasteiger partial charge in [0.2, 0.25) is 17.7 Å². The molecule has 0 spiro atoms. The third-order valence-electron chi connectivity index (χ3n) is 6.45. The maximum atomic E-state index is 13.6. The summed E-state index contributed by atoms with van der Waals surface area (Å²) in [4.78, 5) is 61.3. The van der Waals surface area contributed by atoms with E-state index >= 15 is 0 Å². The first-order valence-electron chi connectivity index (χ1n) is 13.1. The number of hydrogen-bond donors (Lipinski definition) is 8. The van der Waals surface area contributed by atoms with Gasteiger partial charge in [0.15, 0.2) is 6.04 Å². The molecule has 2 heterocycles. The third-order valence-corrected chi connectivity index (χ3v) is 6.45. The maximum absolute atomic E-state index is 13.6. The number of nitrogens with two attached hydrogens (primary N) is 1. The third kappa shape index (κ3) is 8.13. The molecule has 2 aromatic heterocycles. The normalized spacial score (nSPS) is 15.2. The molecule has 0 aliphatic heterocycles. The number of H-pyrrole nitrogens is 2. The Balaban J connectivity index is 1.88. The van der Waals surface area contributed by atoms with Crippen molar-refractivity contribution in [1.82, 2.24) is 30.9 Å². The van der Waals surface area contributed by atoms with Crippen molar-refractivity contribution in [1.29, 1.82) is 0 Å². The van der Waals surface area contributed by atoms with Crippen LogP contribution in [0, 0.1) is 5.92 Å². The minimum atomic E-state index is -1.59. The highest BCUT2D eigenvalue weighted by Gasteiger charge is 2.32. The Bertz CT molecular complexity index is 1300. The summed E-state index contributed by atoms with van der Waals surface area (Å²) in [6.45, 7) is 5.09. The molecule has 0 aliphatic carbocycles. The van der Waals surface area contributed by atoms with Crippen molar-refractivity contribution in [3.63, 3.8) is 0 Å². The molecule has 0 bridgehead atoms. The average molecular weight is 556 g/mol. The van der Waals surface area contributed by atoms with Crippen molar-refractivity contribution in [3.8, 4) is 0 Å². The van der Waals surface area contributed by atoms with E-state index in [4.69, 9.17) is 5.73 Å². The van der Waals surface area contributed by atoms with Crippen molar-refractivity contribution >= 4 is 34.6 Å². The van der Waals surface area contributed by atoms with Crippen LogP contribution >= 0.6 is 0 Å². The smallest absolute Gasteiger partial charge is 0.328 e. The molecule has 5 unspecified atom stereocenters. The number of amides is 3. The molecule has 0 fully saturated rings. The van der Waals surface area contributed by atoms with Crippen LogP contribution in [0.4, 0.5) is 0 Å². The van der Waals surface area contributed by atoms with Gasteiger partial charge in [-0.25, -0.2) is 9.78 Å². The number of aliphatic carboxylic acids is 1. The average Bonchev–Trinajstić information content (AvgIpc) is 3.55. The first kappa shape index (κ1) is 30.3. The van der Waals surface area contributed by atoms with Gasteiger partial charge in [-0.3, -0.25) is 14.4 Å². The summed E-state index contributed by atoms with van der Waals surface area (Å²) in [7, 11) is 0. The van der Waals surface area contributed by atoms with Crippen LogP contribution in [0.2, 0.25) is 0 Å². The standard InChI is InChI=1S/C27H37N7O6/c1-14(2)8-19(28)24(36)32-22(10-17-12-29-13-31-17)25(37)33-21(26(38)34-23(15(3)35)27(39)40)9-16-11-30-20-7-5-4-6-18(16)20/h4-7,11-15,19,21-23,30,35H,8-10,28H2,1-3H3,(H,29,31)(H,32,36)(H,33,37)(H,34,38)(H,39,40). The molecule has 0 saturated carbocycles. The van der Waals surface area contributed by atoms with Crippen LogP contribution in [0.5, 0.6) is 0 Å². The van der Waals surface area contributed by atoms with E-state index in [-0.39, 0.29) is 18.8 Å². The summed E-state index contributed by atoms with van der Waals surface area (Å²) in [5, 5.41) is 27.8. The largest absolute Gasteiger partial charge is 0.480 e. The molecule has 40 heavy (non-hydrogen) atoms. The van der Waals surface area contributed by atoms with Gasteiger partial charge < -0.3 is 41.9 Å². The van der Waals surface area contributed by atoms with E-state index in [9.17, 15) is 29.4 Å². The number of nitrogens with zero attached hydrogens (tertiary/aromatic N) is 1. The number of aliphatic hydroxyl groups excluding tert-OH is 1. The fourth-order valence-electron chi connectivity index (χ4n) is 4.36. The van der Waals surface area contributed by atoms with Gasteiger partial charge in [-0.05, 0) is 30.9 Å². The molecule has 1 aromatic carbocycles. The number of aromatic amines is 2. The molecule has 13 nitrogen and oxygen atoms in total. The van der Waals surface area contributed by atoms with Crippen molar-refractivity contribution in [3.05, 3.63) is 54.2 Å². The zero-order chi connectivity index (χ0) is 29.4. The number of para-hydroxylation sites is 1. The van der Waals surface area contributed by atoms with Crippen LogP contribution in [0.15, 0.2) is 43.0 Å². The predicted octanol–water partition coefficient (Wildman–Crippen LogP) is -0.0306. The Morgan fingerprint density at radius 1 is 0.950 bits per heavy atom. The van der Waals surface area contributed by atoms with Gasteiger partial charge in [0.05, 0.1) is 18.5 Å². The summed E-state index contributed by atoms with van der Waals surface area (Å²) in [5.74, 6) is -3.28. The lowest BCUT2D eigenvalue weighted by atomic mass is 10.0. The van der Waals surface area contributed by atoms with E-state index in [1.807, 2.05) is 38.1 Å². The molecule has 216 valence electrons. The highest BCUT2D eigenvalue weighted by molar-refractivity contribution is 5.95. The zero-order valence-electron chi connectivity index (χ0n) is 22.7. The van der Waals surface area contributed by atoms with Crippen LogP contribution in [0.3, 0.4) is 0 Å². The molecule has 13 heteroatoms. The van der Waals surface area contributed by atoms with Gasteiger partial charge in [0.1, 0.15) is 12.1 Å². The summed E-state index contributed by atoms with van der Waals surface area (Å²) < 4.78 is 0.